The quantitative estimate of drug-likeness (QED) is 0.658. The zero-order valence-electron chi connectivity index (χ0n) is 13.9. The summed E-state index contributed by atoms with van der Waals surface area (Å²) in [5.41, 5.74) is 2.54. The van der Waals surface area contributed by atoms with Crippen LogP contribution in [-0.2, 0) is 9.59 Å². The fourth-order valence-electron chi connectivity index (χ4n) is 4.08. The maximum Gasteiger partial charge on any atom is 0.257 e. The Morgan fingerprint density at radius 3 is 2.43 bits per heavy atom. The van der Waals surface area contributed by atoms with Gasteiger partial charge >= 0.3 is 0 Å². The summed E-state index contributed by atoms with van der Waals surface area (Å²) in [6.07, 6.45) is 4.50. The molecule has 0 aromatic rings. The average Bonchev–Trinajstić information content (AvgIpc) is 3.17. The maximum atomic E-state index is 13.2. The van der Waals surface area contributed by atoms with Gasteiger partial charge < -0.3 is 15.3 Å². The number of hydrogen-bond donors (Lipinski definition) is 3. The molecule has 0 aliphatic carbocycles. The SMILES string of the molecule is C[C@@H](O)C(C(=O)N1CCCC1)N1NCCCC2(CCCN2)C1=O. The van der Waals surface area contributed by atoms with E-state index in [9.17, 15) is 14.7 Å². The van der Waals surface area contributed by atoms with Gasteiger partial charge in [0.2, 0.25) is 5.91 Å². The van der Waals surface area contributed by atoms with E-state index < -0.39 is 17.7 Å². The third-order valence-corrected chi connectivity index (χ3v) is 5.34. The molecular formula is C16H28N4O3. The highest BCUT2D eigenvalue weighted by molar-refractivity contribution is 5.92. The van der Waals surface area contributed by atoms with Crippen molar-refractivity contribution in [2.24, 2.45) is 0 Å². The summed E-state index contributed by atoms with van der Waals surface area (Å²) >= 11 is 0. The molecule has 23 heavy (non-hydrogen) atoms. The topological polar surface area (TPSA) is 84.9 Å². The van der Waals surface area contributed by atoms with Crippen LogP contribution in [0.25, 0.3) is 0 Å². The second kappa shape index (κ2) is 6.75. The lowest BCUT2D eigenvalue weighted by Crippen LogP contribution is -2.65. The summed E-state index contributed by atoms with van der Waals surface area (Å²) < 4.78 is 0. The van der Waals surface area contributed by atoms with E-state index in [-0.39, 0.29) is 11.8 Å². The third-order valence-electron chi connectivity index (χ3n) is 5.34. The Morgan fingerprint density at radius 2 is 1.83 bits per heavy atom. The first kappa shape index (κ1) is 16.7. The lowest BCUT2D eigenvalue weighted by molar-refractivity contribution is -0.156. The molecule has 3 aliphatic rings. The van der Waals surface area contributed by atoms with Crippen molar-refractivity contribution in [3.8, 4) is 0 Å². The van der Waals surface area contributed by atoms with Gasteiger partial charge in [0, 0.05) is 19.6 Å². The molecular weight excluding hydrogens is 296 g/mol. The predicted octanol–water partition coefficient (Wildman–Crippen LogP) is -0.393. The standard InChI is InChI=1S/C16H28N4O3/c1-12(21)13(14(22)19-10-2-3-11-19)20-15(23)16(6-4-8-17-16)7-5-9-18-20/h12-13,17-18,21H,2-11H2,1H3/t12-,13?,16?/m1/s1. The van der Waals surface area contributed by atoms with Gasteiger partial charge in [-0.25, -0.2) is 5.43 Å². The number of amides is 2. The van der Waals surface area contributed by atoms with Crippen LogP contribution in [0.15, 0.2) is 0 Å². The molecule has 3 atom stereocenters. The molecule has 3 rings (SSSR count). The van der Waals surface area contributed by atoms with Crippen molar-refractivity contribution in [2.75, 3.05) is 26.2 Å². The second-order valence-electron chi connectivity index (χ2n) is 7.02. The van der Waals surface area contributed by atoms with Crippen LogP contribution in [0.4, 0.5) is 0 Å². The molecule has 130 valence electrons. The van der Waals surface area contributed by atoms with E-state index in [2.05, 4.69) is 10.7 Å². The molecule has 3 fully saturated rings. The molecule has 3 aliphatic heterocycles. The van der Waals surface area contributed by atoms with Gasteiger partial charge in [-0.3, -0.25) is 14.6 Å². The normalized spacial score (nSPS) is 31.5. The van der Waals surface area contributed by atoms with Gasteiger partial charge in [-0.15, -0.1) is 0 Å². The van der Waals surface area contributed by atoms with Crippen molar-refractivity contribution < 1.29 is 14.7 Å². The molecule has 0 bridgehead atoms. The fraction of sp³-hybridized carbons (Fsp3) is 0.875. The number of hydrazine groups is 1. The smallest absolute Gasteiger partial charge is 0.257 e. The summed E-state index contributed by atoms with van der Waals surface area (Å²) in [6, 6.07) is -0.849. The Morgan fingerprint density at radius 1 is 1.17 bits per heavy atom. The predicted molar refractivity (Wildman–Crippen MR) is 85.3 cm³/mol. The van der Waals surface area contributed by atoms with E-state index in [1.807, 2.05) is 0 Å². The summed E-state index contributed by atoms with van der Waals surface area (Å²) in [7, 11) is 0. The van der Waals surface area contributed by atoms with E-state index in [0.29, 0.717) is 19.6 Å². The minimum atomic E-state index is -0.906. The Hall–Kier alpha value is -1.18. The molecule has 2 unspecified atom stereocenters. The lowest BCUT2D eigenvalue weighted by atomic mass is 9.90. The molecule has 3 saturated heterocycles. The van der Waals surface area contributed by atoms with Crippen molar-refractivity contribution in [1.29, 1.82) is 0 Å². The monoisotopic (exact) mass is 324 g/mol. The molecule has 1 spiro atoms. The number of rotatable bonds is 3. The van der Waals surface area contributed by atoms with Gasteiger partial charge in [-0.2, -0.15) is 0 Å². The average molecular weight is 324 g/mol. The Bertz CT molecular complexity index is 456. The number of carbonyl (C=O) groups is 2. The number of hydrogen-bond acceptors (Lipinski definition) is 5. The molecule has 0 radical (unpaired) electrons. The Labute approximate surface area is 137 Å². The zero-order chi connectivity index (χ0) is 16.4. The van der Waals surface area contributed by atoms with E-state index in [4.69, 9.17) is 0 Å². The van der Waals surface area contributed by atoms with Crippen LogP contribution in [0.2, 0.25) is 0 Å². The van der Waals surface area contributed by atoms with E-state index >= 15 is 0 Å². The molecule has 0 aromatic carbocycles. The van der Waals surface area contributed by atoms with Crippen molar-refractivity contribution in [2.45, 2.75) is 63.1 Å². The third kappa shape index (κ3) is 3.09. The number of likely N-dealkylation sites (tertiary alicyclic amines) is 1. The maximum absolute atomic E-state index is 13.2. The molecule has 7 nitrogen and oxygen atoms in total. The lowest BCUT2D eigenvalue weighted by Gasteiger charge is -2.38. The van der Waals surface area contributed by atoms with Gasteiger partial charge in [0.25, 0.3) is 5.91 Å². The van der Waals surface area contributed by atoms with E-state index in [1.54, 1.807) is 11.8 Å². The van der Waals surface area contributed by atoms with Crippen LogP contribution >= 0.6 is 0 Å². The Balaban J connectivity index is 1.84. The number of aliphatic hydroxyl groups excluding tert-OH is 1. The number of nitrogens with zero attached hydrogens (tertiary/aromatic N) is 2. The van der Waals surface area contributed by atoms with Gasteiger partial charge in [0.15, 0.2) is 6.04 Å². The molecule has 0 saturated carbocycles. The minimum absolute atomic E-state index is 0.0917. The largest absolute Gasteiger partial charge is 0.391 e. The highest BCUT2D eigenvalue weighted by atomic mass is 16.3. The highest BCUT2D eigenvalue weighted by Crippen LogP contribution is 2.30. The van der Waals surface area contributed by atoms with Crippen LogP contribution in [0.1, 0.15) is 45.4 Å². The zero-order valence-corrected chi connectivity index (χ0v) is 13.9. The van der Waals surface area contributed by atoms with Crippen LogP contribution in [-0.4, -0.2) is 70.7 Å². The minimum Gasteiger partial charge on any atom is -0.391 e. The highest BCUT2D eigenvalue weighted by Gasteiger charge is 2.48. The van der Waals surface area contributed by atoms with Gasteiger partial charge in [-0.1, -0.05) is 0 Å². The first-order chi connectivity index (χ1) is 11.1. The van der Waals surface area contributed by atoms with Crippen LogP contribution < -0.4 is 10.7 Å². The summed E-state index contributed by atoms with van der Waals surface area (Å²) in [6.45, 7) is 4.50. The van der Waals surface area contributed by atoms with E-state index in [1.165, 1.54) is 5.01 Å². The first-order valence-electron chi connectivity index (χ1n) is 8.84. The molecule has 3 N–H and O–H groups in total. The van der Waals surface area contributed by atoms with Gasteiger partial charge in [0.05, 0.1) is 11.6 Å². The van der Waals surface area contributed by atoms with Crippen molar-refractivity contribution in [3.05, 3.63) is 0 Å². The molecule has 2 amide bonds. The van der Waals surface area contributed by atoms with Crippen LogP contribution in [0.5, 0.6) is 0 Å². The van der Waals surface area contributed by atoms with Crippen LogP contribution in [0.3, 0.4) is 0 Å². The molecule has 3 heterocycles. The second-order valence-corrected chi connectivity index (χ2v) is 7.02. The molecule has 0 aromatic heterocycles. The van der Waals surface area contributed by atoms with Gasteiger partial charge in [0.1, 0.15) is 0 Å². The van der Waals surface area contributed by atoms with Crippen molar-refractivity contribution >= 4 is 11.8 Å². The fourth-order valence-corrected chi connectivity index (χ4v) is 4.08. The van der Waals surface area contributed by atoms with E-state index in [0.717, 1.165) is 45.1 Å². The summed E-state index contributed by atoms with van der Waals surface area (Å²) in [5, 5.41) is 15.0. The molecule has 7 heteroatoms. The summed E-state index contributed by atoms with van der Waals surface area (Å²) in [5.74, 6) is -0.237. The van der Waals surface area contributed by atoms with Gasteiger partial charge in [-0.05, 0) is 52.0 Å². The number of nitrogens with one attached hydrogen (secondary N) is 2. The Kier molecular flexibility index (Phi) is 4.89. The van der Waals surface area contributed by atoms with Crippen LogP contribution in [0, 0.1) is 0 Å². The number of carbonyl (C=O) groups excluding carboxylic acids is 2. The first-order valence-corrected chi connectivity index (χ1v) is 8.84. The van der Waals surface area contributed by atoms with Crippen molar-refractivity contribution in [1.82, 2.24) is 20.7 Å². The summed E-state index contributed by atoms with van der Waals surface area (Å²) in [4.78, 5) is 27.8. The van der Waals surface area contributed by atoms with Crippen molar-refractivity contribution in [3.63, 3.8) is 0 Å². The number of aliphatic hydroxyl groups is 1.